The van der Waals surface area contributed by atoms with Crippen LogP contribution in [0.15, 0.2) is 18.2 Å². The molecular weight excluding hydrogens is 270 g/mol. The van der Waals surface area contributed by atoms with Gasteiger partial charge in [-0.3, -0.25) is 19.8 Å². The molecule has 0 N–H and O–H groups in total. The van der Waals surface area contributed by atoms with Gasteiger partial charge in [-0.25, -0.2) is 0 Å². The van der Waals surface area contributed by atoms with Crippen molar-refractivity contribution >= 4 is 17.2 Å². The van der Waals surface area contributed by atoms with Crippen LogP contribution in [0.1, 0.15) is 30.6 Å². The normalized spacial score (nSPS) is 16.0. The molecule has 0 aromatic heterocycles. The van der Waals surface area contributed by atoms with E-state index in [1.807, 2.05) is 0 Å². The van der Waals surface area contributed by atoms with Gasteiger partial charge >= 0.3 is 0 Å². The summed E-state index contributed by atoms with van der Waals surface area (Å²) in [6.45, 7) is 8.38. The highest BCUT2D eigenvalue weighted by Crippen LogP contribution is 2.26. The Bertz CT molecular complexity index is 537. The quantitative estimate of drug-likeness (QED) is 0.473. The van der Waals surface area contributed by atoms with Crippen molar-refractivity contribution in [3.8, 4) is 0 Å². The van der Waals surface area contributed by atoms with E-state index in [2.05, 4.69) is 16.7 Å². The standard InChI is InChI=1S/C15H21N3O3/c1-3-6-16-7-9-17(10-8-16)13-4-5-15(18(20)21)14(11-13)12(2)19/h4-5,11H,3,6-10H2,1-2H3. The van der Waals surface area contributed by atoms with E-state index in [0.29, 0.717) is 0 Å². The number of rotatable bonds is 5. The van der Waals surface area contributed by atoms with Crippen LogP contribution < -0.4 is 4.90 Å². The second-order valence-corrected chi connectivity index (χ2v) is 5.34. The summed E-state index contributed by atoms with van der Waals surface area (Å²) in [6.07, 6.45) is 1.14. The molecule has 114 valence electrons. The van der Waals surface area contributed by atoms with E-state index in [9.17, 15) is 14.9 Å². The van der Waals surface area contributed by atoms with Crippen molar-refractivity contribution in [1.29, 1.82) is 0 Å². The van der Waals surface area contributed by atoms with Gasteiger partial charge in [0.15, 0.2) is 5.78 Å². The molecule has 0 saturated carbocycles. The smallest absolute Gasteiger partial charge is 0.280 e. The minimum atomic E-state index is -0.500. The van der Waals surface area contributed by atoms with Gasteiger partial charge in [0.05, 0.1) is 10.5 Å². The molecule has 0 unspecified atom stereocenters. The number of Topliss-reactive ketones (excluding diaryl/α,β-unsaturated/α-hetero) is 1. The fourth-order valence-electron chi connectivity index (χ4n) is 2.71. The predicted octanol–water partition coefficient (Wildman–Crippen LogP) is 2.33. The monoisotopic (exact) mass is 291 g/mol. The topological polar surface area (TPSA) is 66.7 Å². The Hall–Kier alpha value is -1.95. The molecule has 2 rings (SSSR count). The van der Waals surface area contributed by atoms with E-state index >= 15 is 0 Å². The van der Waals surface area contributed by atoms with Crippen LogP contribution >= 0.6 is 0 Å². The molecule has 1 aromatic rings. The first-order valence-corrected chi connectivity index (χ1v) is 7.29. The summed E-state index contributed by atoms with van der Waals surface area (Å²) in [7, 11) is 0. The minimum Gasteiger partial charge on any atom is -0.369 e. The van der Waals surface area contributed by atoms with E-state index in [-0.39, 0.29) is 17.0 Å². The molecule has 1 heterocycles. The Labute approximate surface area is 124 Å². The number of ketones is 1. The second kappa shape index (κ2) is 6.67. The fraction of sp³-hybridized carbons (Fsp3) is 0.533. The first kappa shape index (κ1) is 15.4. The van der Waals surface area contributed by atoms with Gasteiger partial charge in [-0.15, -0.1) is 0 Å². The maximum Gasteiger partial charge on any atom is 0.280 e. The Morgan fingerprint density at radius 1 is 1.29 bits per heavy atom. The Kier molecular flexibility index (Phi) is 4.90. The molecule has 0 bridgehead atoms. The number of hydrogen-bond donors (Lipinski definition) is 0. The highest BCUT2D eigenvalue weighted by atomic mass is 16.6. The van der Waals surface area contributed by atoms with Crippen molar-refractivity contribution in [3.63, 3.8) is 0 Å². The third kappa shape index (κ3) is 3.58. The number of carbonyl (C=O) groups is 1. The van der Waals surface area contributed by atoms with Gasteiger partial charge in [0.1, 0.15) is 0 Å². The van der Waals surface area contributed by atoms with E-state index in [1.165, 1.54) is 13.0 Å². The average molecular weight is 291 g/mol. The largest absolute Gasteiger partial charge is 0.369 e. The third-order valence-corrected chi connectivity index (χ3v) is 3.83. The summed E-state index contributed by atoms with van der Waals surface area (Å²) in [5.41, 5.74) is 0.964. The zero-order valence-corrected chi connectivity index (χ0v) is 12.5. The Morgan fingerprint density at radius 3 is 2.48 bits per heavy atom. The molecule has 1 aromatic carbocycles. The van der Waals surface area contributed by atoms with Gasteiger partial charge in [0.2, 0.25) is 0 Å². The number of nitrogens with zero attached hydrogens (tertiary/aromatic N) is 3. The Balaban J connectivity index is 2.16. The minimum absolute atomic E-state index is 0.115. The second-order valence-electron chi connectivity index (χ2n) is 5.34. The maximum absolute atomic E-state index is 11.6. The van der Waals surface area contributed by atoms with Crippen LogP contribution in [0.25, 0.3) is 0 Å². The van der Waals surface area contributed by atoms with E-state index in [0.717, 1.165) is 44.8 Å². The SMILES string of the molecule is CCCN1CCN(c2ccc([N+](=O)[O-])c(C(C)=O)c2)CC1. The molecule has 0 radical (unpaired) electrons. The van der Waals surface area contributed by atoms with Crippen LogP contribution in [0.4, 0.5) is 11.4 Å². The highest BCUT2D eigenvalue weighted by Gasteiger charge is 2.21. The lowest BCUT2D eigenvalue weighted by atomic mass is 10.1. The van der Waals surface area contributed by atoms with Crippen molar-refractivity contribution in [2.24, 2.45) is 0 Å². The molecule has 6 heteroatoms. The first-order chi connectivity index (χ1) is 10.0. The molecule has 0 aliphatic carbocycles. The number of hydrogen-bond acceptors (Lipinski definition) is 5. The molecule has 21 heavy (non-hydrogen) atoms. The summed E-state index contributed by atoms with van der Waals surface area (Å²) in [4.78, 5) is 26.7. The van der Waals surface area contributed by atoms with E-state index in [1.54, 1.807) is 12.1 Å². The van der Waals surface area contributed by atoms with E-state index in [4.69, 9.17) is 0 Å². The van der Waals surface area contributed by atoms with Gasteiger partial charge in [-0.1, -0.05) is 6.92 Å². The summed E-state index contributed by atoms with van der Waals surface area (Å²) in [6, 6.07) is 4.82. The van der Waals surface area contributed by atoms with Crippen LogP contribution in [-0.4, -0.2) is 48.3 Å². The number of nitro groups is 1. The number of benzene rings is 1. The molecular formula is C15H21N3O3. The lowest BCUT2D eigenvalue weighted by Crippen LogP contribution is -2.46. The van der Waals surface area contributed by atoms with Crippen LogP contribution in [0.2, 0.25) is 0 Å². The summed E-state index contributed by atoms with van der Waals surface area (Å²) in [5.74, 6) is -0.270. The number of piperazine rings is 1. The zero-order chi connectivity index (χ0) is 15.4. The van der Waals surface area contributed by atoms with Crippen molar-refractivity contribution in [3.05, 3.63) is 33.9 Å². The van der Waals surface area contributed by atoms with Gasteiger partial charge < -0.3 is 4.90 Å². The van der Waals surface area contributed by atoms with Crippen LogP contribution in [0.5, 0.6) is 0 Å². The summed E-state index contributed by atoms with van der Waals surface area (Å²) >= 11 is 0. The lowest BCUT2D eigenvalue weighted by molar-refractivity contribution is -0.385. The molecule has 1 saturated heterocycles. The van der Waals surface area contributed by atoms with Gasteiger partial charge in [-0.2, -0.15) is 0 Å². The average Bonchev–Trinajstić information content (AvgIpc) is 2.47. The lowest BCUT2D eigenvalue weighted by Gasteiger charge is -2.36. The Morgan fingerprint density at radius 2 is 1.95 bits per heavy atom. The van der Waals surface area contributed by atoms with Crippen LogP contribution in [0.3, 0.4) is 0 Å². The number of nitro benzene ring substituents is 1. The van der Waals surface area contributed by atoms with Gasteiger partial charge in [-0.05, 0) is 32.0 Å². The van der Waals surface area contributed by atoms with Crippen LogP contribution in [0, 0.1) is 10.1 Å². The molecule has 0 atom stereocenters. The molecule has 1 aliphatic rings. The van der Waals surface area contributed by atoms with Crippen molar-refractivity contribution in [2.75, 3.05) is 37.6 Å². The molecule has 0 amide bonds. The van der Waals surface area contributed by atoms with E-state index < -0.39 is 4.92 Å². The predicted molar refractivity (Wildman–Crippen MR) is 82.0 cm³/mol. The van der Waals surface area contributed by atoms with Crippen LogP contribution in [-0.2, 0) is 0 Å². The molecule has 1 aliphatic heterocycles. The fourth-order valence-corrected chi connectivity index (χ4v) is 2.71. The third-order valence-electron chi connectivity index (χ3n) is 3.83. The highest BCUT2D eigenvalue weighted by molar-refractivity contribution is 5.99. The number of anilines is 1. The number of carbonyl (C=O) groups excluding carboxylic acids is 1. The van der Waals surface area contributed by atoms with Crippen molar-refractivity contribution in [1.82, 2.24) is 4.90 Å². The zero-order valence-electron chi connectivity index (χ0n) is 12.5. The van der Waals surface area contributed by atoms with Gasteiger partial charge in [0, 0.05) is 37.9 Å². The molecule has 1 fully saturated rings. The summed E-state index contributed by atoms with van der Waals surface area (Å²) < 4.78 is 0. The van der Waals surface area contributed by atoms with Gasteiger partial charge in [0.25, 0.3) is 5.69 Å². The van der Waals surface area contributed by atoms with Crippen molar-refractivity contribution in [2.45, 2.75) is 20.3 Å². The summed E-state index contributed by atoms with van der Waals surface area (Å²) in [5, 5.41) is 11.0. The van der Waals surface area contributed by atoms with Crippen molar-refractivity contribution < 1.29 is 9.72 Å². The maximum atomic E-state index is 11.6. The first-order valence-electron chi connectivity index (χ1n) is 7.29. The molecule has 0 spiro atoms. The molecule has 6 nitrogen and oxygen atoms in total.